The highest BCUT2D eigenvalue weighted by Gasteiger charge is 2.25. The van der Waals surface area contributed by atoms with Crippen LogP contribution in [0.25, 0.3) is 4.85 Å². The lowest BCUT2D eigenvalue weighted by Gasteiger charge is -2.11. The van der Waals surface area contributed by atoms with Gasteiger partial charge in [-0.3, -0.25) is 9.59 Å². The number of benzene rings is 1. The van der Waals surface area contributed by atoms with Crippen molar-refractivity contribution < 1.29 is 14.4 Å². The zero-order valence-corrected chi connectivity index (χ0v) is 10.3. The average molecular weight is 243 g/mol. The van der Waals surface area contributed by atoms with Gasteiger partial charge in [-0.05, 0) is 13.8 Å². The minimum atomic E-state index is -0.917. The van der Waals surface area contributed by atoms with E-state index < -0.39 is 5.92 Å². The lowest BCUT2D eigenvalue weighted by molar-refractivity contribution is -0.121. The van der Waals surface area contributed by atoms with E-state index in [1.54, 1.807) is 13.0 Å². The van der Waals surface area contributed by atoms with Crippen molar-refractivity contribution in [3.8, 4) is 0 Å². The molecule has 1 aromatic carbocycles. The third-order valence-corrected chi connectivity index (χ3v) is 2.74. The largest absolute Gasteiger partial charge is 0.303 e. The Labute approximate surface area is 105 Å². The summed E-state index contributed by atoms with van der Waals surface area (Å²) in [5.74, 6) is -1.59. The van der Waals surface area contributed by atoms with Crippen LogP contribution in [-0.4, -0.2) is 17.9 Å². The van der Waals surface area contributed by atoms with Crippen LogP contribution in [0.1, 0.15) is 29.3 Å². The molecule has 0 bridgehead atoms. The number of hydrogen-bond acceptors (Lipinski definition) is 3. The Morgan fingerprint density at radius 1 is 1.44 bits per heavy atom. The van der Waals surface area contributed by atoms with Crippen LogP contribution in [0.5, 0.6) is 0 Å². The van der Waals surface area contributed by atoms with E-state index in [2.05, 4.69) is 4.85 Å². The van der Waals surface area contributed by atoms with Gasteiger partial charge in [0.25, 0.3) is 0 Å². The van der Waals surface area contributed by atoms with Crippen molar-refractivity contribution in [2.75, 3.05) is 0 Å². The van der Waals surface area contributed by atoms with Crippen molar-refractivity contribution in [1.29, 1.82) is 0 Å². The summed E-state index contributed by atoms with van der Waals surface area (Å²) in [4.78, 5) is 37.3. The van der Waals surface area contributed by atoms with Crippen molar-refractivity contribution in [3.63, 3.8) is 0 Å². The first kappa shape index (κ1) is 13.8. The number of aldehydes is 1. The van der Waals surface area contributed by atoms with E-state index >= 15 is 0 Å². The maximum atomic E-state index is 12.1. The van der Waals surface area contributed by atoms with E-state index in [-0.39, 0.29) is 18.0 Å². The number of ketones is 2. The summed E-state index contributed by atoms with van der Waals surface area (Å²) < 4.78 is 0. The van der Waals surface area contributed by atoms with Crippen LogP contribution < -0.4 is 0 Å². The molecular weight excluding hydrogens is 230 g/mol. The molecule has 0 aromatic heterocycles. The van der Waals surface area contributed by atoms with Gasteiger partial charge < -0.3 is 4.79 Å². The highest BCUT2D eigenvalue weighted by Crippen LogP contribution is 2.21. The summed E-state index contributed by atoms with van der Waals surface area (Å²) in [5.41, 5.74) is 1.48. The number of hydrogen-bond donors (Lipinski definition) is 0. The Hall–Kier alpha value is -2.28. The fourth-order valence-corrected chi connectivity index (χ4v) is 1.74. The maximum absolute atomic E-state index is 12.1. The SMILES string of the molecule is [C-]#[N+]c1ccc(C(=O)C(CC=O)C(C)=O)c(C)c1. The van der Waals surface area contributed by atoms with Crippen molar-refractivity contribution in [1.82, 2.24) is 0 Å². The van der Waals surface area contributed by atoms with Gasteiger partial charge in [-0.25, -0.2) is 4.85 Å². The first-order chi connectivity index (χ1) is 8.51. The third-order valence-electron chi connectivity index (χ3n) is 2.74. The van der Waals surface area contributed by atoms with Crippen LogP contribution in [0, 0.1) is 19.4 Å². The quantitative estimate of drug-likeness (QED) is 0.345. The summed E-state index contributed by atoms with van der Waals surface area (Å²) >= 11 is 0. The Balaban J connectivity index is 3.13. The molecule has 0 heterocycles. The first-order valence-electron chi connectivity index (χ1n) is 5.47. The number of carbonyl (C=O) groups excluding carboxylic acids is 3. The molecule has 92 valence electrons. The zero-order valence-electron chi connectivity index (χ0n) is 10.3. The fraction of sp³-hybridized carbons (Fsp3) is 0.286. The predicted octanol–water partition coefficient (Wildman–Crippen LogP) is 2.52. The summed E-state index contributed by atoms with van der Waals surface area (Å²) in [5, 5.41) is 0. The van der Waals surface area contributed by atoms with E-state index in [4.69, 9.17) is 6.57 Å². The van der Waals surface area contributed by atoms with Gasteiger partial charge in [-0.2, -0.15) is 0 Å². The summed E-state index contributed by atoms with van der Waals surface area (Å²) in [7, 11) is 0. The van der Waals surface area contributed by atoms with E-state index in [0.29, 0.717) is 23.1 Å². The number of Topliss-reactive ketones (excluding diaryl/α,β-unsaturated/α-hetero) is 2. The second kappa shape index (κ2) is 5.87. The van der Waals surface area contributed by atoms with Crippen molar-refractivity contribution in [2.45, 2.75) is 20.3 Å². The molecule has 0 N–H and O–H groups in total. The van der Waals surface area contributed by atoms with E-state index in [1.165, 1.54) is 19.1 Å². The van der Waals surface area contributed by atoms with Crippen molar-refractivity contribution in [2.24, 2.45) is 5.92 Å². The van der Waals surface area contributed by atoms with Gasteiger partial charge in [0.15, 0.2) is 11.5 Å². The van der Waals surface area contributed by atoms with E-state index in [0.717, 1.165) is 0 Å². The molecule has 0 saturated heterocycles. The fourth-order valence-electron chi connectivity index (χ4n) is 1.74. The first-order valence-corrected chi connectivity index (χ1v) is 5.47. The molecule has 1 unspecified atom stereocenters. The molecule has 0 aliphatic carbocycles. The molecule has 0 aliphatic heterocycles. The molecule has 0 radical (unpaired) electrons. The monoisotopic (exact) mass is 243 g/mol. The molecular formula is C14H13NO3. The molecule has 0 aliphatic rings. The minimum absolute atomic E-state index is 0.0990. The summed E-state index contributed by atoms with van der Waals surface area (Å²) in [6.45, 7) is 9.89. The molecule has 0 amide bonds. The second-order valence-electron chi connectivity index (χ2n) is 4.04. The molecule has 0 spiro atoms. The van der Waals surface area contributed by atoms with E-state index in [9.17, 15) is 14.4 Å². The Morgan fingerprint density at radius 3 is 2.56 bits per heavy atom. The molecule has 0 saturated carbocycles. The zero-order chi connectivity index (χ0) is 13.7. The maximum Gasteiger partial charge on any atom is 0.187 e. The van der Waals surface area contributed by atoms with Crippen LogP contribution >= 0.6 is 0 Å². The minimum Gasteiger partial charge on any atom is -0.303 e. The van der Waals surface area contributed by atoms with Gasteiger partial charge in [0.1, 0.15) is 12.1 Å². The van der Waals surface area contributed by atoms with Gasteiger partial charge in [-0.15, -0.1) is 0 Å². The molecule has 4 heteroatoms. The second-order valence-corrected chi connectivity index (χ2v) is 4.04. The van der Waals surface area contributed by atoms with Crippen LogP contribution in [0.3, 0.4) is 0 Å². The average Bonchev–Trinajstić information content (AvgIpc) is 2.34. The Bertz CT molecular complexity index is 540. The van der Waals surface area contributed by atoms with Crippen molar-refractivity contribution in [3.05, 3.63) is 40.7 Å². The molecule has 18 heavy (non-hydrogen) atoms. The van der Waals surface area contributed by atoms with Gasteiger partial charge in [0.2, 0.25) is 0 Å². The molecule has 1 aromatic rings. The standard InChI is InChI=1S/C14H13NO3/c1-9-8-11(15-3)4-5-12(9)14(18)13(6-7-16)10(2)17/h4-5,7-8,13H,6H2,1-2H3. The highest BCUT2D eigenvalue weighted by atomic mass is 16.2. The molecule has 0 fully saturated rings. The van der Waals surface area contributed by atoms with Crippen molar-refractivity contribution >= 4 is 23.5 Å². The highest BCUT2D eigenvalue weighted by molar-refractivity contribution is 6.11. The van der Waals surface area contributed by atoms with Crippen LogP contribution in [0.2, 0.25) is 0 Å². The van der Waals surface area contributed by atoms with Gasteiger partial charge in [-0.1, -0.05) is 23.8 Å². The normalized spacial score (nSPS) is 11.4. The number of carbonyl (C=O) groups is 3. The third kappa shape index (κ3) is 2.89. The topological polar surface area (TPSA) is 55.6 Å². The smallest absolute Gasteiger partial charge is 0.187 e. The van der Waals surface area contributed by atoms with Gasteiger partial charge >= 0.3 is 0 Å². The number of nitrogens with zero attached hydrogens (tertiary/aromatic N) is 1. The molecule has 1 atom stereocenters. The molecule has 4 nitrogen and oxygen atoms in total. The number of rotatable bonds is 5. The summed E-state index contributed by atoms with van der Waals surface area (Å²) in [6.07, 6.45) is 0.477. The Kier molecular flexibility index (Phi) is 4.50. The van der Waals surface area contributed by atoms with Crippen LogP contribution in [0.4, 0.5) is 5.69 Å². The van der Waals surface area contributed by atoms with Gasteiger partial charge in [0.05, 0.1) is 12.5 Å². The lowest BCUT2D eigenvalue weighted by Crippen LogP contribution is -2.23. The lowest BCUT2D eigenvalue weighted by atomic mass is 9.90. The van der Waals surface area contributed by atoms with Crippen LogP contribution in [0.15, 0.2) is 18.2 Å². The molecule has 1 rings (SSSR count). The Morgan fingerprint density at radius 2 is 2.11 bits per heavy atom. The predicted molar refractivity (Wildman–Crippen MR) is 66.6 cm³/mol. The van der Waals surface area contributed by atoms with E-state index in [1.807, 2.05) is 0 Å². The number of aryl methyl sites for hydroxylation is 1. The summed E-state index contributed by atoms with van der Waals surface area (Å²) in [6, 6.07) is 4.66. The van der Waals surface area contributed by atoms with Crippen LogP contribution in [-0.2, 0) is 9.59 Å². The van der Waals surface area contributed by atoms with Gasteiger partial charge in [0, 0.05) is 12.0 Å².